The zero-order valence-corrected chi connectivity index (χ0v) is 12.3. The molecule has 0 aliphatic rings. The smallest absolute Gasteiger partial charge is 0.309 e. The molecular weight excluding hydrogens is 309 g/mol. The van der Waals surface area contributed by atoms with E-state index < -0.39 is 11.2 Å². The molecule has 0 radical (unpaired) electrons. The van der Waals surface area contributed by atoms with Crippen molar-refractivity contribution in [1.82, 2.24) is 10.3 Å². The first kappa shape index (κ1) is 15.3. The first-order valence-electron chi connectivity index (χ1n) is 5.79. The molecule has 0 saturated carbocycles. The minimum atomic E-state index is -4.41. The average Bonchev–Trinajstić information content (AvgIpc) is 2.84. The molecule has 1 unspecified atom stereocenters. The number of thiazole rings is 1. The minimum absolute atomic E-state index is 0.334. The number of nitrogens with zero attached hydrogens (tertiary/aromatic N) is 1. The second-order valence-electron chi connectivity index (χ2n) is 4.30. The molecule has 0 saturated heterocycles. The summed E-state index contributed by atoms with van der Waals surface area (Å²) in [7, 11) is 1.70. The number of benzene rings is 1. The van der Waals surface area contributed by atoms with Crippen LogP contribution < -0.4 is 5.32 Å². The molecule has 1 N–H and O–H groups in total. The lowest BCUT2D eigenvalue weighted by Crippen LogP contribution is -2.16. The van der Waals surface area contributed by atoms with Crippen molar-refractivity contribution in [2.24, 2.45) is 0 Å². The van der Waals surface area contributed by atoms with Gasteiger partial charge in [-0.25, -0.2) is 4.98 Å². The summed E-state index contributed by atoms with van der Waals surface area (Å²) in [6, 6.07) is 5.06. The number of hydrogen-bond donors (Lipinski definition) is 1. The quantitative estimate of drug-likeness (QED) is 0.904. The Morgan fingerprint density at radius 2 is 2.05 bits per heavy atom. The molecule has 0 amide bonds. The van der Waals surface area contributed by atoms with E-state index in [-0.39, 0.29) is 6.04 Å². The van der Waals surface area contributed by atoms with Crippen molar-refractivity contribution < 1.29 is 13.2 Å². The van der Waals surface area contributed by atoms with Gasteiger partial charge in [0.2, 0.25) is 0 Å². The summed E-state index contributed by atoms with van der Waals surface area (Å²) < 4.78 is 37.8. The van der Waals surface area contributed by atoms with Crippen LogP contribution in [0.3, 0.4) is 0 Å². The Hall–Kier alpha value is -1.11. The molecular formula is C13H12ClF3N2S. The Morgan fingerprint density at radius 1 is 1.35 bits per heavy atom. The van der Waals surface area contributed by atoms with Crippen LogP contribution in [-0.2, 0) is 6.18 Å². The van der Waals surface area contributed by atoms with Gasteiger partial charge in [-0.2, -0.15) is 13.2 Å². The van der Waals surface area contributed by atoms with Gasteiger partial charge < -0.3 is 5.32 Å². The summed E-state index contributed by atoms with van der Waals surface area (Å²) in [6.07, 6.45) is -3.14. The summed E-state index contributed by atoms with van der Waals surface area (Å²) in [6.45, 7) is 1.85. The van der Waals surface area contributed by atoms with Gasteiger partial charge in [-0.15, -0.1) is 11.3 Å². The molecule has 0 spiro atoms. The Bertz CT molecular complexity index is 610. The summed E-state index contributed by atoms with van der Waals surface area (Å²) in [5.41, 5.74) is 1.73. The number of rotatable bonds is 3. The molecule has 20 heavy (non-hydrogen) atoms. The third kappa shape index (κ3) is 3.13. The van der Waals surface area contributed by atoms with Gasteiger partial charge in [-0.1, -0.05) is 23.7 Å². The van der Waals surface area contributed by atoms with Crippen molar-refractivity contribution in [1.29, 1.82) is 0 Å². The van der Waals surface area contributed by atoms with E-state index >= 15 is 0 Å². The number of aromatic nitrogens is 1. The topological polar surface area (TPSA) is 24.9 Å². The van der Waals surface area contributed by atoms with Crippen LogP contribution in [0.5, 0.6) is 0 Å². The van der Waals surface area contributed by atoms with Gasteiger partial charge in [0.25, 0.3) is 0 Å². The molecule has 0 fully saturated rings. The van der Waals surface area contributed by atoms with Crippen LogP contribution in [0.1, 0.15) is 27.1 Å². The summed E-state index contributed by atoms with van der Waals surface area (Å²) in [5, 5.41) is 2.80. The molecule has 108 valence electrons. The van der Waals surface area contributed by atoms with E-state index in [1.54, 1.807) is 19.2 Å². The van der Waals surface area contributed by atoms with Crippen molar-refractivity contribution in [3.63, 3.8) is 0 Å². The fraction of sp³-hybridized carbons (Fsp3) is 0.308. The predicted molar refractivity (Wildman–Crippen MR) is 74.2 cm³/mol. The monoisotopic (exact) mass is 320 g/mol. The molecule has 1 aromatic heterocycles. The summed E-state index contributed by atoms with van der Waals surface area (Å²) >= 11 is 6.61. The van der Waals surface area contributed by atoms with Crippen LogP contribution in [0.25, 0.3) is 0 Å². The maximum absolute atomic E-state index is 12.6. The number of nitrogens with one attached hydrogen (secondary N) is 1. The van der Waals surface area contributed by atoms with Gasteiger partial charge in [0, 0.05) is 16.1 Å². The zero-order valence-electron chi connectivity index (χ0n) is 10.8. The normalized spacial score (nSPS) is 13.5. The van der Waals surface area contributed by atoms with Crippen molar-refractivity contribution in [3.8, 4) is 0 Å². The Labute approximate surface area is 123 Å². The van der Waals surface area contributed by atoms with Crippen molar-refractivity contribution >= 4 is 22.9 Å². The van der Waals surface area contributed by atoms with E-state index in [0.717, 1.165) is 11.1 Å². The molecule has 1 heterocycles. The van der Waals surface area contributed by atoms with Gasteiger partial charge in [-0.05, 0) is 31.2 Å². The van der Waals surface area contributed by atoms with Crippen LogP contribution in [0, 0.1) is 6.92 Å². The van der Waals surface area contributed by atoms with Gasteiger partial charge in [-0.3, -0.25) is 0 Å². The highest BCUT2D eigenvalue weighted by Gasteiger charge is 2.35. The third-order valence-electron chi connectivity index (χ3n) is 2.85. The number of halogens is 4. The van der Waals surface area contributed by atoms with Gasteiger partial charge >= 0.3 is 6.18 Å². The lowest BCUT2D eigenvalue weighted by Gasteiger charge is -2.15. The molecule has 2 aromatic rings. The molecule has 7 heteroatoms. The Morgan fingerprint density at radius 3 is 2.55 bits per heavy atom. The Kier molecular flexibility index (Phi) is 4.36. The average molecular weight is 321 g/mol. The standard InChI is InChI=1S/C13H12ClF3N2S/c1-7-5-8(3-4-9(7)14)11(18-2)10-6-19-12(20-10)13(15,16)17/h3-6,11,18H,1-2H3. The van der Waals surface area contributed by atoms with Crippen molar-refractivity contribution in [2.45, 2.75) is 19.1 Å². The number of aryl methyl sites for hydroxylation is 1. The highest BCUT2D eigenvalue weighted by Crippen LogP contribution is 2.36. The van der Waals surface area contributed by atoms with Crippen molar-refractivity contribution in [2.75, 3.05) is 7.05 Å². The first-order valence-corrected chi connectivity index (χ1v) is 6.98. The van der Waals surface area contributed by atoms with Gasteiger partial charge in [0.1, 0.15) is 0 Å². The molecule has 1 aromatic carbocycles. The van der Waals surface area contributed by atoms with Gasteiger partial charge in [0.15, 0.2) is 5.01 Å². The van der Waals surface area contributed by atoms with E-state index in [1.807, 2.05) is 13.0 Å². The number of alkyl halides is 3. The van der Waals surface area contributed by atoms with Crippen LogP contribution in [0.15, 0.2) is 24.4 Å². The molecule has 2 rings (SSSR count). The summed E-state index contributed by atoms with van der Waals surface area (Å²) in [5.74, 6) is 0. The Balaban J connectivity index is 2.37. The van der Waals surface area contributed by atoms with E-state index in [4.69, 9.17) is 11.6 Å². The van der Waals surface area contributed by atoms with E-state index in [0.29, 0.717) is 21.2 Å². The lowest BCUT2D eigenvalue weighted by atomic mass is 10.0. The number of hydrogen-bond acceptors (Lipinski definition) is 3. The fourth-order valence-electron chi connectivity index (χ4n) is 1.87. The second kappa shape index (κ2) is 5.71. The highest BCUT2D eigenvalue weighted by molar-refractivity contribution is 7.11. The van der Waals surface area contributed by atoms with Gasteiger partial charge in [0.05, 0.1) is 6.04 Å². The lowest BCUT2D eigenvalue weighted by molar-refractivity contribution is -0.137. The molecule has 1 atom stereocenters. The molecule has 0 aliphatic heterocycles. The first-order chi connectivity index (χ1) is 9.32. The minimum Gasteiger partial charge on any atom is -0.309 e. The second-order valence-corrected chi connectivity index (χ2v) is 5.77. The largest absolute Gasteiger partial charge is 0.443 e. The SMILES string of the molecule is CNC(c1ccc(Cl)c(C)c1)c1cnc(C(F)(F)F)s1. The third-order valence-corrected chi connectivity index (χ3v) is 4.39. The predicted octanol–water partition coefficient (Wildman–Crippen LogP) is 4.43. The van der Waals surface area contributed by atoms with Crippen LogP contribution in [0.4, 0.5) is 13.2 Å². The summed E-state index contributed by atoms with van der Waals surface area (Å²) in [4.78, 5) is 3.96. The van der Waals surface area contributed by atoms with Crippen LogP contribution in [0.2, 0.25) is 5.02 Å². The van der Waals surface area contributed by atoms with Crippen molar-refractivity contribution in [3.05, 3.63) is 50.4 Å². The van der Waals surface area contributed by atoms with Crippen LogP contribution in [-0.4, -0.2) is 12.0 Å². The van der Waals surface area contributed by atoms with Crippen LogP contribution >= 0.6 is 22.9 Å². The van der Waals surface area contributed by atoms with E-state index in [1.165, 1.54) is 6.20 Å². The molecule has 0 bridgehead atoms. The van der Waals surface area contributed by atoms with E-state index in [9.17, 15) is 13.2 Å². The maximum Gasteiger partial charge on any atom is 0.443 e. The maximum atomic E-state index is 12.6. The highest BCUT2D eigenvalue weighted by atomic mass is 35.5. The molecule has 2 nitrogen and oxygen atoms in total. The molecule has 0 aliphatic carbocycles. The van der Waals surface area contributed by atoms with E-state index in [2.05, 4.69) is 10.3 Å². The zero-order chi connectivity index (χ0) is 14.9. The fourth-order valence-corrected chi connectivity index (χ4v) is 2.91.